The Bertz CT molecular complexity index is 1040. The molecular formula is C24H25BrN2O3. The fourth-order valence-corrected chi connectivity index (χ4v) is 4.07. The first-order valence-electron chi connectivity index (χ1n) is 10.1. The van der Waals surface area contributed by atoms with Crippen molar-refractivity contribution in [1.29, 1.82) is 0 Å². The average Bonchev–Trinajstić information content (AvgIpc) is 3.10. The molecule has 1 aromatic heterocycles. The summed E-state index contributed by atoms with van der Waals surface area (Å²) < 4.78 is 8.40. The van der Waals surface area contributed by atoms with E-state index in [1.54, 1.807) is 6.08 Å². The molecular weight excluding hydrogens is 444 g/mol. The summed E-state index contributed by atoms with van der Waals surface area (Å²) in [5.41, 5.74) is 2.67. The fourth-order valence-electron chi connectivity index (χ4n) is 3.80. The number of β-amino-alcohol motifs (C(OH)–C–C–N with tert-alkyl or cyclic N) is 1. The Balaban J connectivity index is 1.51. The molecule has 1 aliphatic heterocycles. The van der Waals surface area contributed by atoms with Gasteiger partial charge in [0.1, 0.15) is 0 Å². The van der Waals surface area contributed by atoms with Crippen molar-refractivity contribution in [2.75, 3.05) is 32.8 Å². The fraction of sp³-hybridized carbons (Fsp3) is 0.292. The Morgan fingerprint density at radius 1 is 1.10 bits per heavy atom. The third-order valence-corrected chi connectivity index (χ3v) is 5.87. The number of allylic oxidation sites excluding steroid dienone is 1. The molecule has 0 radical (unpaired) electrons. The smallest absolute Gasteiger partial charge is 0.185 e. The standard InChI is InChI=1S/C24H25BrN2O3/c25-20-8-5-18(6-9-20)24(29)10-7-19-15-27(23-4-2-1-3-22(19)23)17-21(28)16-26-11-13-30-14-12-26/h1-10,15,21,28H,11-14,16-17H2/b10-7-/t21-/m0/s1. The zero-order valence-electron chi connectivity index (χ0n) is 16.7. The van der Waals surface area contributed by atoms with Crippen LogP contribution in [0.25, 0.3) is 17.0 Å². The molecule has 1 N–H and O–H groups in total. The Hall–Kier alpha value is -2.25. The molecule has 4 rings (SSSR count). The molecule has 0 bridgehead atoms. The molecule has 0 amide bonds. The van der Waals surface area contributed by atoms with E-state index in [0.29, 0.717) is 18.7 Å². The number of carbonyl (C=O) groups excluding carboxylic acids is 1. The predicted molar refractivity (Wildman–Crippen MR) is 123 cm³/mol. The number of aliphatic hydroxyl groups is 1. The van der Waals surface area contributed by atoms with Crippen LogP contribution in [0, 0.1) is 0 Å². The highest BCUT2D eigenvalue weighted by Crippen LogP contribution is 2.23. The molecule has 1 saturated heterocycles. The minimum atomic E-state index is -0.472. The Morgan fingerprint density at radius 2 is 1.83 bits per heavy atom. The van der Waals surface area contributed by atoms with Gasteiger partial charge in [-0.25, -0.2) is 0 Å². The number of para-hydroxylation sites is 1. The van der Waals surface area contributed by atoms with E-state index < -0.39 is 6.10 Å². The molecule has 0 spiro atoms. The summed E-state index contributed by atoms with van der Waals surface area (Å²) >= 11 is 3.39. The minimum absolute atomic E-state index is 0.0355. The SMILES string of the molecule is O=C(/C=C\c1cn(C[C@@H](O)CN2CCOCC2)c2ccccc12)c1ccc(Br)cc1. The summed E-state index contributed by atoms with van der Waals surface area (Å²) in [6, 6.07) is 15.4. The van der Waals surface area contributed by atoms with Crippen LogP contribution in [0.2, 0.25) is 0 Å². The monoisotopic (exact) mass is 468 g/mol. The lowest BCUT2D eigenvalue weighted by molar-refractivity contribution is 0.0117. The van der Waals surface area contributed by atoms with Crippen LogP contribution < -0.4 is 0 Å². The molecule has 156 valence electrons. The summed E-state index contributed by atoms with van der Waals surface area (Å²) in [6.45, 7) is 4.29. The number of morpholine rings is 1. The zero-order chi connectivity index (χ0) is 20.9. The maximum atomic E-state index is 12.5. The molecule has 0 aliphatic carbocycles. The van der Waals surface area contributed by atoms with Gasteiger partial charge in [0.2, 0.25) is 0 Å². The molecule has 5 nitrogen and oxygen atoms in total. The van der Waals surface area contributed by atoms with E-state index >= 15 is 0 Å². The normalized spacial score (nSPS) is 16.3. The van der Waals surface area contributed by atoms with Crippen molar-refractivity contribution < 1.29 is 14.6 Å². The maximum absolute atomic E-state index is 12.5. The molecule has 2 aromatic carbocycles. The first kappa shape index (κ1) is 21.0. The van der Waals surface area contributed by atoms with Crippen molar-refractivity contribution >= 4 is 38.7 Å². The number of halogens is 1. The van der Waals surface area contributed by atoms with Crippen LogP contribution in [0.5, 0.6) is 0 Å². The molecule has 1 fully saturated rings. The topological polar surface area (TPSA) is 54.7 Å². The number of nitrogens with zero attached hydrogens (tertiary/aromatic N) is 2. The van der Waals surface area contributed by atoms with Gasteiger partial charge in [0.15, 0.2) is 5.78 Å². The highest BCUT2D eigenvalue weighted by atomic mass is 79.9. The second kappa shape index (κ2) is 9.71. The van der Waals surface area contributed by atoms with Gasteiger partial charge in [-0.2, -0.15) is 0 Å². The first-order chi connectivity index (χ1) is 14.6. The first-order valence-corrected chi connectivity index (χ1v) is 10.9. The number of fused-ring (bicyclic) bond motifs is 1. The summed E-state index contributed by atoms with van der Waals surface area (Å²) in [6.07, 6.45) is 5.01. The molecule has 6 heteroatoms. The number of rotatable bonds is 7. The number of carbonyl (C=O) groups is 1. The molecule has 0 saturated carbocycles. The van der Waals surface area contributed by atoms with E-state index in [1.165, 1.54) is 0 Å². The van der Waals surface area contributed by atoms with Gasteiger partial charge >= 0.3 is 0 Å². The quantitative estimate of drug-likeness (QED) is 0.420. The molecule has 3 aromatic rings. The molecule has 1 aliphatic rings. The van der Waals surface area contributed by atoms with Crippen LogP contribution >= 0.6 is 15.9 Å². The van der Waals surface area contributed by atoms with E-state index in [-0.39, 0.29) is 5.78 Å². The largest absolute Gasteiger partial charge is 0.390 e. The number of ether oxygens (including phenoxy) is 1. The van der Waals surface area contributed by atoms with Crippen LogP contribution in [0.3, 0.4) is 0 Å². The van der Waals surface area contributed by atoms with Gasteiger partial charge in [-0.15, -0.1) is 0 Å². The van der Waals surface area contributed by atoms with E-state index in [0.717, 1.165) is 47.2 Å². The number of hydrogen-bond acceptors (Lipinski definition) is 4. The van der Waals surface area contributed by atoms with Crippen LogP contribution in [-0.2, 0) is 11.3 Å². The van der Waals surface area contributed by atoms with Gasteiger partial charge in [0, 0.05) is 58.9 Å². The lowest BCUT2D eigenvalue weighted by Crippen LogP contribution is -2.41. The van der Waals surface area contributed by atoms with Crippen molar-refractivity contribution in [1.82, 2.24) is 9.47 Å². The third-order valence-electron chi connectivity index (χ3n) is 5.34. The van der Waals surface area contributed by atoms with Crippen LogP contribution in [0.1, 0.15) is 15.9 Å². The Labute approximate surface area is 184 Å². The van der Waals surface area contributed by atoms with Crippen molar-refractivity contribution in [3.8, 4) is 0 Å². The van der Waals surface area contributed by atoms with Crippen molar-refractivity contribution in [2.45, 2.75) is 12.6 Å². The van der Waals surface area contributed by atoms with Crippen LogP contribution in [0.4, 0.5) is 0 Å². The predicted octanol–water partition coefficient (Wildman–Crippen LogP) is 3.99. The van der Waals surface area contributed by atoms with Gasteiger partial charge in [-0.05, 0) is 42.5 Å². The van der Waals surface area contributed by atoms with Crippen molar-refractivity contribution in [3.63, 3.8) is 0 Å². The summed E-state index contributed by atoms with van der Waals surface area (Å²) in [7, 11) is 0. The summed E-state index contributed by atoms with van der Waals surface area (Å²) in [5.74, 6) is -0.0355. The second-order valence-electron chi connectivity index (χ2n) is 7.53. The summed E-state index contributed by atoms with van der Waals surface area (Å²) in [4.78, 5) is 14.7. The van der Waals surface area contributed by atoms with E-state index in [2.05, 4.69) is 25.4 Å². The molecule has 2 heterocycles. The number of benzene rings is 2. The van der Waals surface area contributed by atoms with Gasteiger partial charge in [0.05, 0.1) is 19.3 Å². The van der Waals surface area contributed by atoms with Crippen molar-refractivity contribution in [2.24, 2.45) is 0 Å². The highest BCUT2D eigenvalue weighted by Gasteiger charge is 2.16. The highest BCUT2D eigenvalue weighted by molar-refractivity contribution is 9.10. The molecule has 1 atom stereocenters. The average molecular weight is 469 g/mol. The third kappa shape index (κ3) is 5.08. The number of aliphatic hydroxyl groups excluding tert-OH is 1. The summed E-state index contributed by atoms with van der Waals surface area (Å²) in [5, 5.41) is 11.7. The lowest BCUT2D eigenvalue weighted by Gasteiger charge is -2.28. The molecule has 0 unspecified atom stereocenters. The van der Waals surface area contributed by atoms with Gasteiger partial charge in [-0.3, -0.25) is 9.69 Å². The minimum Gasteiger partial charge on any atom is -0.390 e. The van der Waals surface area contributed by atoms with Crippen molar-refractivity contribution in [3.05, 3.63) is 76.4 Å². The van der Waals surface area contributed by atoms with E-state index in [4.69, 9.17) is 4.74 Å². The van der Waals surface area contributed by atoms with Crippen LogP contribution in [0.15, 0.2) is 65.3 Å². The Morgan fingerprint density at radius 3 is 2.60 bits per heavy atom. The second-order valence-corrected chi connectivity index (χ2v) is 8.44. The maximum Gasteiger partial charge on any atom is 0.185 e. The molecule has 30 heavy (non-hydrogen) atoms. The lowest BCUT2D eigenvalue weighted by atomic mass is 10.1. The van der Waals surface area contributed by atoms with Gasteiger partial charge in [-0.1, -0.05) is 34.1 Å². The van der Waals surface area contributed by atoms with E-state index in [9.17, 15) is 9.90 Å². The van der Waals surface area contributed by atoms with Gasteiger partial charge in [0.25, 0.3) is 0 Å². The number of hydrogen-bond donors (Lipinski definition) is 1. The zero-order valence-corrected chi connectivity index (χ0v) is 18.3. The number of aromatic nitrogens is 1. The van der Waals surface area contributed by atoms with Crippen LogP contribution in [-0.4, -0.2) is 59.3 Å². The number of ketones is 1. The Kier molecular flexibility index (Phi) is 6.79. The van der Waals surface area contributed by atoms with E-state index in [1.807, 2.05) is 60.8 Å². The van der Waals surface area contributed by atoms with Gasteiger partial charge < -0.3 is 14.4 Å².